The highest BCUT2D eigenvalue weighted by Gasteiger charge is 2.23. The maximum absolute atomic E-state index is 4.81. The van der Waals surface area contributed by atoms with Gasteiger partial charge in [-0.05, 0) is 63.5 Å². The molecule has 1 aliphatic rings. The van der Waals surface area contributed by atoms with Crippen molar-refractivity contribution in [3.63, 3.8) is 0 Å². The molecule has 0 heterocycles. The van der Waals surface area contributed by atoms with E-state index in [1.54, 1.807) is 0 Å². The third-order valence-electron chi connectivity index (χ3n) is 4.99. The van der Waals surface area contributed by atoms with Crippen LogP contribution in [0.25, 0.3) is 10.8 Å². The molecule has 124 valence electrons. The minimum absolute atomic E-state index is 0.0730. The first-order valence-corrected chi connectivity index (χ1v) is 8.71. The second kappa shape index (κ2) is 6.05. The second-order valence-corrected chi connectivity index (χ2v) is 7.85. The lowest BCUT2D eigenvalue weighted by molar-refractivity contribution is 0.586. The molecule has 1 nitrogen and oxygen atoms in total. The van der Waals surface area contributed by atoms with Gasteiger partial charge in [0.1, 0.15) is 0 Å². The Morgan fingerprint density at radius 1 is 0.958 bits per heavy atom. The molecule has 0 bridgehead atoms. The van der Waals surface area contributed by atoms with Gasteiger partial charge in [-0.3, -0.25) is 4.99 Å². The summed E-state index contributed by atoms with van der Waals surface area (Å²) in [6, 6.07) is 13.1. The largest absolute Gasteiger partial charge is 0.287 e. The van der Waals surface area contributed by atoms with Crippen molar-refractivity contribution in [3.05, 3.63) is 70.3 Å². The lowest BCUT2D eigenvalue weighted by Crippen LogP contribution is -2.11. The first-order chi connectivity index (χ1) is 11.3. The van der Waals surface area contributed by atoms with E-state index in [1.807, 2.05) is 0 Å². The van der Waals surface area contributed by atoms with Crippen molar-refractivity contribution in [3.8, 4) is 0 Å². The normalized spacial score (nSPS) is 18.8. The first kappa shape index (κ1) is 16.7. The summed E-state index contributed by atoms with van der Waals surface area (Å²) in [5.74, 6) is 0.357. The van der Waals surface area contributed by atoms with Crippen LogP contribution in [0.1, 0.15) is 58.6 Å². The summed E-state index contributed by atoms with van der Waals surface area (Å²) in [5, 5.41) is 2.56. The summed E-state index contributed by atoms with van der Waals surface area (Å²) in [5.41, 5.74) is 6.81. The Bertz CT molecular complexity index is 873. The van der Waals surface area contributed by atoms with Crippen LogP contribution in [0.3, 0.4) is 0 Å². The highest BCUT2D eigenvalue weighted by molar-refractivity contribution is 6.01. The molecule has 1 aliphatic carbocycles. The molecule has 24 heavy (non-hydrogen) atoms. The Hall–Kier alpha value is -2.15. The quantitative estimate of drug-likeness (QED) is 0.565. The zero-order chi connectivity index (χ0) is 17.5. The van der Waals surface area contributed by atoms with Crippen LogP contribution in [0, 0.1) is 0 Å². The van der Waals surface area contributed by atoms with E-state index in [0.717, 1.165) is 0 Å². The summed E-state index contributed by atoms with van der Waals surface area (Å²) in [6.45, 7) is 13.1. The van der Waals surface area contributed by atoms with E-state index in [4.69, 9.17) is 4.99 Å². The van der Waals surface area contributed by atoms with E-state index >= 15 is 0 Å². The lowest BCUT2D eigenvalue weighted by atomic mass is 9.87. The van der Waals surface area contributed by atoms with Gasteiger partial charge in [0, 0.05) is 17.7 Å². The lowest BCUT2D eigenvalue weighted by Gasteiger charge is -2.18. The highest BCUT2D eigenvalue weighted by atomic mass is 14.8. The van der Waals surface area contributed by atoms with Gasteiger partial charge in [0.15, 0.2) is 0 Å². The van der Waals surface area contributed by atoms with E-state index in [1.165, 1.54) is 38.6 Å². The summed E-state index contributed by atoms with van der Waals surface area (Å²) in [4.78, 5) is 4.81. The van der Waals surface area contributed by atoms with Crippen molar-refractivity contribution in [1.29, 1.82) is 0 Å². The van der Waals surface area contributed by atoms with Crippen LogP contribution in [0.5, 0.6) is 0 Å². The van der Waals surface area contributed by atoms with Gasteiger partial charge in [-0.2, -0.15) is 0 Å². The fraction of sp³-hybridized carbons (Fsp3) is 0.348. The molecule has 1 atom stereocenters. The van der Waals surface area contributed by atoms with Crippen LogP contribution in [0.2, 0.25) is 0 Å². The summed E-state index contributed by atoms with van der Waals surface area (Å²) < 4.78 is 0. The van der Waals surface area contributed by atoms with E-state index in [0.29, 0.717) is 5.92 Å². The number of rotatable bonds is 2. The Kier molecular flexibility index (Phi) is 4.21. The van der Waals surface area contributed by atoms with Gasteiger partial charge < -0.3 is 0 Å². The first-order valence-electron chi connectivity index (χ1n) is 8.71. The zero-order valence-electron chi connectivity index (χ0n) is 15.6. The predicted octanol–water partition coefficient (Wildman–Crippen LogP) is 6.44. The summed E-state index contributed by atoms with van der Waals surface area (Å²) in [6.07, 6.45) is 4.48. The van der Waals surface area contributed by atoms with Crippen LogP contribution in [0.4, 0.5) is 0 Å². The predicted molar refractivity (Wildman–Crippen MR) is 106 cm³/mol. The SMILES string of the molecule is CC1=CC(c2ccc3ccccc3c2C=NC(C)(C)C)C(C)=C1C. The maximum Gasteiger partial charge on any atom is 0.0524 e. The molecule has 0 spiro atoms. The van der Waals surface area contributed by atoms with Gasteiger partial charge in [0.25, 0.3) is 0 Å². The van der Waals surface area contributed by atoms with E-state index in [9.17, 15) is 0 Å². The highest BCUT2D eigenvalue weighted by Crippen LogP contribution is 2.40. The summed E-state index contributed by atoms with van der Waals surface area (Å²) in [7, 11) is 0. The Morgan fingerprint density at radius 3 is 2.29 bits per heavy atom. The Labute approximate surface area is 145 Å². The molecule has 2 aromatic carbocycles. The number of allylic oxidation sites excluding steroid dienone is 4. The van der Waals surface area contributed by atoms with E-state index in [-0.39, 0.29) is 5.54 Å². The zero-order valence-corrected chi connectivity index (χ0v) is 15.6. The van der Waals surface area contributed by atoms with Crippen molar-refractivity contribution in [2.75, 3.05) is 0 Å². The van der Waals surface area contributed by atoms with Crippen molar-refractivity contribution in [1.82, 2.24) is 0 Å². The van der Waals surface area contributed by atoms with Gasteiger partial charge in [-0.25, -0.2) is 0 Å². The molecular weight excluding hydrogens is 290 g/mol. The molecule has 0 amide bonds. The van der Waals surface area contributed by atoms with Gasteiger partial charge in [-0.1, -0.05) is 53.6 Å². The van der Waals surface area contributed by atoms with Crippen LogP contribution >= 0.6 is 0 Å². The van der Waals surface area contributed by atoms with Crippen LogP contribution < -0.4 is 0 Å². The second-order valence-electron chi connectivity index (χ2n) is 7.85. The minimum Gasteiger partial charge on any atom is -0.287 e. The molecule has 0 aromatic heterocycles. The van der Waals surface area contributed by atoms with Crippen molar-refractivity contribution in [2.45, 2.75) is 53.0 Å². The van der Waals surface area contributed by atoms with Gasteiger partial charge in [0.05, 0.1) is 5.54 Å². The maximum atomic E-state index is 4.81. The average Bonchev–Trinajstić information content (AvgIpc) is 2.79. The molecule has 2 aromatic rings. The monoisotopic (exact) mass is 317 g/mol. The average molecular weight is 317 g/mol. The van der Waals surface area contributed by atoms with Crippen LogP contribution in [-0.4, -0.2) is 11.8 Å². The Balaban J connectivity index is 2.24. The molecule has 0 aliphatic heterocycles. The molecule has 1 unspecified atom stereocenters. The minimum atomic E-state index is -0.0730. The third-order valence-corrected chi connectivity index (χ3v) is 4.99. The summed E-state index contributed by atoms with van der Waals surface area (Å²) >= 11 is 0. The van der Waals surface area contributed by atoms with Crippen molar-refractivity contribution >= 4 is 17.0 Å². The smallest absolute Gasteiger partial charge is 0.0524 e. The number of benzene rings is 2. The van der Waals surface area contributed by atoms with E-state index < -0.39 is 0 Å². The molecule has 0 N–H and O–H groups in total. The number of hydrogen-bond donors (Lipinski definition) is 0. The number of aliphatic imine (C=N–C) groups is 1. The van der Waals surface area contributed by atoms with Crippen molar-refractivity contribution < 1.29 is 0 Å². The van der Waals surface area contributed by atoms with Gasteiger partial charge >= 0.3 is 0 Å². The molecule has 0 fully saturated rings. The van der Waals surface area contributed by atoms with Gasteiger partial charge in [0.2, 0.25) is 0 Å². The molecule has 0 saturated carbocycles. The number of hydrogen-bond acceptors (Lipinski definition) is 1. The topological polar surface area (TPSA) is 12.4 Å². The fourth-order valence-corrected chi connectivity index (χ4v) is 3.35. The Morgan fingerprint density at radius 2 is 1.67 bits per heavy atom. The van der Waals surface area contributed by atoms with Crippen LogP contribution in [-0.2, 0) is 0 Å². The molecule has 1 heteroatoms. The van der Waals surface area contributed by atoms with Crippen LogP contribution in [0.15, 0.2) is 64.2 Å². The molecular formula is C23H27N. The third kappa shape index (κ3) is 3.08. The molecule has 0 saturated heterocycles. The fourth-order valence-electron chi connectivity index (χ4n) is 3.35. The molecule has 0 radical (unpaired) electrons. The number of nitrogens with zero attached hydrogens (tertiary/aromatic N) is 1. The standard InChI is InChI=1S/C23H27N/c1-15-13-21(17(3)16(15)2)20-12-11-18-9-7-8-10-19(18)22(20)14-24-23(4,5)6/h7-14,21H,1-6H3. The van der Waals surface area contributed by atoms with E-state index in [2.05, 4.69) is 90.2 Å². The number of fused-ring (bicyclic) bond motifs is 1. The van der Waals surface area contributed by atoms with Gasteiger partial charge in [-0.15, -0.1) is 0 Å². The molecule has 3 rings (SSSR count). The van der Waals surface area contributed by atoms with Crippen molar-refractivity contribution in [2.24, 2.45) is 4.99 Å².